The van der Waals surface area contributed by atoms with Crippen LogP contribution in [0.2, 0.25) is 5.02 Å². The van der Waals surface area contributed by atoms with Gasteiger partial charge in [-0.25, -0.2) is 13.1 Å². The minimum absolute atomic E-state index is 0.0596. The van der Waals surface area contributed by atoms with Crippen LogP contribution in [0.25, 0.3) is 0 Å². The Bertz CT molecular complexity index is 1070. The lowest BCUT2D eigenvalue weighted by molar-refractivity contribution is -0.385. The number of sulfonamides is 1. The number of nitro benzene ring substituents is 1. The van der Waals surface area contributed by atoms with Crippen LogP contribution in [0.3, 0.4) is 0 Å². The predicted octanol–water partition coefficient (Wildman–Crippen LogP) is 3.75. The van der Waals surface area contributed by atoms with E-state index in [1.807, 2.05) is 0 Å². The van der Waals surface area contributed by atoms with E-state index in [4.69, 9.17) is 11.6 Å². The Morgan fingerprint density at radius 1 is 1.09 bits per heavy atom. The van der Waals surface area contributed by atoms with Crippen molar-refractivity contribution in [3.63, 3.8) is 0 Å². The molecule has 1 heterocycles. The van der Waals surface area contributed by atoms with E-state index in [0.29, 0.717) is 6.42 Å². The number of nitrogens with zero attached hydrogens (tertiary/aromatic N) is 3. The van der Waals surface area contributed by atoms with Gasteiger partial charge >= 0.3 is 0 Å². The second kappa shape index (κ2) is 10.6. The number of nitrogens with one attached hydrogen (secondary N) is 1. The van der Waals surface area contributed by atoms with Crippen LogP contribution in [0.5, 0.6) is 0 Å². The predicted molar refractivity (Wildman–Crippen MR) is 127 cm³/mol. The fraction of sp³-hybridized carbons (Fsp3) is 0.455. The van der Waals surface area contributed by atoms with Crippen LogP contribution in [0.1, 0.15) is 24.0 Å². The number of hydrogen-bond acceptors (Lipinski definition) is 6. The average Bonchev–Trinajstić information content (AvgIpc) is 2.75. The van der Waals surface area contributed by atoms with Gasteiger partial charge in [-0.15, -0.1) is 0 Å². The zero-order chi connectivity index (χ0) is 23.3. The van der Waals surface area contributed by atoms with E-state index in [9.17, 15) is 18.5 Å². The van der Waals surface area contributed by atoms with Gasteiger partial charge in [0.25, 0.3) is 5.69 Å². The normalized spacial score (nSPS) is 15.2. The van der Waals surface area contributed by atoms with E-state index < -0.39 is 14.9 Å². The quantitative estimate of drug-likeness (QED) is 0.333. The third-order valence-electron chi connectivity index (χ3n) is 5.73. The Morgan fingerprint density at radius 3 is 2.47 bits per heavy atom. The zero-order valence-corrected chi connectivity index (χ0v) is 20.0. The Kier molecular flexibility index (Phi) is 8.10. The molecule has 1 aliphatic rings. The smallest absolute Gasteiger partial charge is 0.275 e. The molecule has 2 aromatic carbocycles. The number of nitro groups is 1. The largest absolute Gasteiger partial charge is 0.369 e. The van der Waals surface area contributed by atoms with Gasteiger partial charge in [-0.1, -0.05) is 23.7 Å². The maximum atomic E-state index is 12.5. The van der Waals surface area contributed by atoms with Crippen molar-refractivity contribution in [2.24, 2.45) is 0 Å². The summed E-state index contributed by atoms with van der Waals surface area (Å²) in [5.41, 5.74) is 2.46. The van der Waals surface area contributed by atoms with Crippen LogP contribution in [0, 0.1) is 24.0 Å². The SMILES string of the molecule is Cc1cccc(N2CCN(CCCCNS(=O)(=O)c3cc(Cl)c(C)c([N+](=O)[O-])c3)CC2)c1. The van der Waals surface area contributed by atoms with Gasteiger partial charge in [-0.05, 0) is 57.0 Å². The summed E-state index contributed by atoms with van der Waals surface area (Å²) in [5, 5.41) is 11.2. The van der Waals surface area contributed by atoms with E-state index in [1.165, 1.54) is 24.2 Å². The van der Waals surface area contributed by atoms with Gasteiger partial charge in [0.05, 0.1) is 14.8 Å². The van der Waals surface area contributed by atoms with Crippen molar-refractivity contribution in [3.8, 4) is 0 Å². The van der Waals surface area contributed by atoms with Crippen molar-refractivity contribution >= 4 is 33.0 Å². The van der Waals surface area contributed by atoms with E-state index in [2.05, 4.69) is 45.7 Å². The van der Waals surface area contributed by atoms with Gasteiger partial charge < -0.3 is 4.90 Å². The number of hydrogen-bond donors (Lipinski definition) is 1. The first-order chi connectivity index (χ1) is 15.2. The van der Waals surface area contributed by atoms with E-state index in [0.717, 1.165) is 45.2 Å². The molecule has 1 N–H and O–H groups in total. The number of piperazine rings is 1. The topological polar surface area (TPSA) is 95.8 Å². The van der Waals surface area contributed by atoms with Gasteiger partial charge in [-0.3, -0.25) is 15.0 Å². The fourth-order valence-electron chi connectivity index (χ4n) is 3.79. The third-order valence-corrected chi connectivity index (χ3v) is 7.56. The molecule has 0 amide bonds. The summed E-state index contributed by atoms with van der Waals surface area (Å²) in [7, 11) is -3.86. The van der Waals surface area contributed by atoms with Gasteiger partial charge in [0.1, 0.15) is 0 Å². The first kappa shape index (κ1) is 24.4. The molecule has 0 atom stereocenters. The van der Waals surface area contributed by atoms with Crippen molar-refractivity contribution < 1.29 is 13.3 Å². The zero-order valence-electron chi connectivity index (χ0n) is 18.4. The van der Waals surface area contributed by atoms with Crippen molar-refractivity contribution in [1.82, 2.24) is 9.62 Å². The van der Waals surface area contributed by atoms with E-state index >= 15 is 0 Å². The molecule has 0 aromatic heterocycles. The highest BCUT2D eigenvalue weighted by Gasteiger charge is 2.22. The molecular weight excluding hydrogens is 452 g/mol. The highest BCUT2D eigenvalue weighted by molar-refractivity contribution is 7.89. The van der Waals surface area contributed by atoms with Crippen LogP contribution < -0.4 is 9.62 Å². The molecule has 0 bridgehead atoms. The number of unbranched alkanes of at least 4 members (excludes halogenated alkanes) is 1. The van der Waals surface area contributed by atoms with Crippen LogP contribution in [-0.2, 0) is 10.0 Å². The lowest BCUT2D eigenvalue weighted by Crippen LogP contribution is -2.46. The van der Waals surface area contributed by atoms with Crippen molar-refractivity contribution in [3.05, 3.63) is 62.7 Å². The van der Waals surface area contributed by atoms with Crippen LogP contribution in [0.15, 0.2) is 41.3 Å². The first-order valence-electron chi connectivity index (χ1n) is 10.7. The lowest BCUT2D eigenvalue weighted by atomic mass is 10.2. The molecule has 0 spiro atoms. The summed E-state index contributed by atoms with van der Waals surface area (Å²) < 4.78 is 27.6. The molecule has 10 heteroatoms. The summed E-state index contributed by atoms with van der Waals surface area (Å²) in [4.78, 5) is 15.1. The molecule has 174 valence electrons. The van der Waals surface area contributed by atoms with Crippen LogP contribution in [0.4, 0.5) is 11.4 Å². The number of benzene rings is 2. The van der Waals surface area contributed by atoms with Crippen molar-refractivity contribution in [2.75, 3.05) is 44.2 Å². The van der Waals surface area contributed by atoms with Gasteiger partial charge in [0.15, 0.2) is 0 Å². The molecule has 0 radical (unpaired) electrons. The molecule has 0 aliphatic carbocycles. The molecule has 0 unspecified atom stereocenters. The molecule has 2 aromatic rings. The van der Waals surface area contributed by atoms with E-state index in [-0.39, 0.29) is 27.7 Å². The summed E-state index contributed by atoms with van der Waals surface area (Å²) in [5.74, 6) is 0. The summed E-state index contributed by atoms with van der Waals surface area (Å²) in [6.45, 7) is 8.67. The summed E-state index contributed by atoms with van der Waals surface area (Å²) in [6, 6.07) is 10.8. The van der Waals surface area contributed by atoms with E-state index in [1.54, 1.807) is 0 Å². The number of aryl methyl sites for hydroxylation is 1. The fourth-order valence-corrected chi connectivity index (χ4v) is 5.19. The molecule has 0 saturated carbocycles. The molecule has 8 nitrogen and oxygen atoms in total. The average molecular weight is 481 g/mol. The molecular formula is C22H29ClN4O4S. The second-order valence-corrected chi connectivity index (χ2v) is 10.3. The minimum atomic E-state index is -3.86. The molecule has 1 aliphatic heterocycles. The molecule has 1 fully saturated rings. The number of halogens is 1. The highest BCUT2D eigenvalue weighted by atomic mass is 35.5. The minimum Gasteiger partial charge on any atom is -0.369 e. The van der Waals surface area contributed by atoms with Gasteiger partial charge in [0.2, 0.25) is 10.0 Å². The Balaban J connectivity index is 1.43. The molecule has 32 heavy (non-hydrogen) atoms. The standard InChI is InChI=1S/C22H29ClN4O4S/c1-17-6-5-7-19(14-17)26-12-10-25(11-13-26)9-4-3-8-24-32(30,31)20-15-21(23)18(2)22(16-20)27(28)29/h5-7,14-16,24H,3-4,8-13H2,1-2H3. The molecule has 3 rings (SSSR count). The molecule has 1 saturated heterocycles. The van der Waals surface area contributed by atoms with Crippen molar-refractivity contribution in [1.29, 1.82) is 0 Å². The van der Waals surface area contributed by atoms with Crippen molar-refractivity contribution in [2.45, 2.75) is 31.6 Å². The lowest BCUT2D eigenvalue weighted by Gasteiger charge is -2.36. The Labute approximate surface area is 194 Å². The van der Waals surface area contributed by atoms with Crippen LogP contribution >= 0.6 is 11.6 Å². The Hall–Kier alpha value is -2.20. The van der Waals surface area contributed by atoms with Gasteiger partial charge in [0, 0.05) is 50.0 Å². The Morgan fingerprint density at radius 2 is 1.81 bits per heavy atom. The summed E-state index contributed by atoms with van der Waals surface area (Å²) in [6.07, 6.45) is 1.54. The maximum Gasteiger partial charge on any atom is 0.275 e. The second-order valence-electron chi connectivity index (χ2n) is 8.08. The summed E-state index contributed by atoms with van der Waals surface area (Å²) >= 11 is 5.99. The maximum absolute atomic E-state index is 12.5. The number of anilines is 1. The monoisotopic (exact) mass is 480 g/mol. The number of rotatable bonds is 9. The highest BCUT2D eigenvalue weighted by Crippen LogP contribution is 2.29. The van der Waals surface area contributed by atoms with Gasteiger partial charge in [-0.2, -0.15) is 0 Å². The first-order valence-corrected chi connectivity index (χ1v) is 12.5. The van der Waals surface area contributed by atoms with Crippen LogP contribution in [-0.4, -0.2) is 57.5 Å². The third kappa shape index (κ3) is 6.19.